The molecule has 0 aliphatic rings. The van der Waals surface area contributed by atoms with Crippen LogP contribution in [0.25, 0.3) is 0 Å². The van der Waals surface area contributed by atoms with Crippen molar-refractivity contribution in [1.82, 2.24) is 5.32 Å². The zero-order valence-corrected chi connectivity index (χ0v) is 8.16. The lowest BCUT2D eigenvalue weighted by molar-refractivity contribution is -0.122. The average Bonchev–Trinajstić information content (AvgIpc) is 1.84. The van der Waals surface area contributed by atoms with Crippen molar-refractivity contribution in [2.75, 3.05) is 6.54 Å². The lowest BCUT2D eigenvalue weighted by atomic mass is 10.1. The lowest BCUT2D eigenvalue weighted by Gasteiger charge is -2.21. The van der Waals surface area contributed by atoms with E-state index >= 15 is 0 Å². The van der Waals surface area contributed by atoms with Gasteiger partial charge in [0, 0.05) is 12.1 Å². The number of nitrogens with one attached hydrogen (secondary N) is 1. The van der Waals surface area contributed by atoms with Gasteiger partial charge in [-0.05, 0) is 27.7 Å². The summed E-state index contributed by atoms with van der Waals surface area (Å²) in [5, 5.41) is 18.9. The van der Waals surface area contributed by atoms with Crippen molar-refractivity contribution in [2.24, 2.45) is 0 Å². The molecule has 0 radical (unpaired) electrons. The molecule has 0 saturated carbocycles. The van der Waals surface area contributed by atoms with Crippen molar-refractivity contribution in [2.45, 2.75) is 39.3 Å². The fraction of sp³-hybridized carbons (Fsp3) is 0.875. The highest BCUT2D eigenvalue weighted by atomic mass is 16.3. The second kappa shape index (κ2) is 7.06. The van der Waals surface area contributed by atoms with Crippen LogP contribution in [0.4, 0.5) is 0 Å². The van der Waals surface area contributed by atoms with Gasteiger partial charge in [-0.2, -0.15) is 0 Å². The summed E-state index contributed by atoms with van der Waals surface area (Å²) in [7, 11) is 0. The molecule has 1 atom stereocenters. The highest BCUT2D eigenvalue weighted by molar-refractivity contribution is 5.32. The van der Waals surface area contributed by atoms with Crippen LogP contribution >= 0.6 is 0 Å². The Morgan fingerprint density at radius 1 is 1.50 bits per heavy atom. The molecular formula is C8H19NO3. The molecule has 12 heavy (non-hydrogen) atoms. The zero-order valence-electron chi connectivity index (χ0n) is 8.16. The van der Waals surface area contributed by atoms with E-state index in [0.29, 0.717) is 6.54 Å². The zero-order chi connectivity index (χ0) is 10.2. The van der Waals surface area contributed by atoms with Gasteiger partial charge in [-0.25, -0.2) is 0 Å². The summed E-state index contributed by atoms with van der Waals surface area (Å²) in [5.41, 5.74) is 0.122. The van der Waals surface area contributed by atoms with Crippen molar-refractivity contribution >= 4 is 6.47 Å². The Morgan fingerprint density at radius 2 is 1.83 bits per heavy atom. The molecule has 4 nitrogen and oxygen atoms in total. The molecule has 74 valence electrons. The first-order valence-corrected chi connectivity index (χ1v) is 3.84. The van der Waals surface area contributed by atoms with Gasteiger partial charge in [0.25, 0.3) is 6.47 Å². The topological polar surface area (TPSA) is 69.6 Å². The highest BCUT2D eigenvalue weighted by Gasteiger charge is 2.08. The third kappa shape index (κ3) is 22.8. The second-order valence-electron chi connectivity index (χ2n) is 3.59. The molecule has 4 heteroatoms. The first-order valence-electron chi connectivity index (χ1n) is 3.84. The minimum absolute atomic E-state index is 0.122. The SMILES string of the molecule is CC(O)CNC(C)(C)C.O=CO. The average molecular weight is 177 g/mol. The van der Waals surface area contributed by atoms with Gasteiger partial charge >= 0.3 is 0 Å². The van der Waals surface area contributed by atoms with E-state index in [4.69, 9.17) is 15.0 Å². The second-order valence-corrected chi connectivity index (χ2v) is 3.59. The van der Waals surface area contributed by atoms with Gasteiger partial charge in [-0.1, -0.05) is 0 Å². The first-order chi connectivity index (χ1) is 5.33. The molecule has 0 bridgehead atoms. The Labute approximate surface area is 73.6 Å². The van der Waals surface area contributed by atoms with Gasteiger partial charge in [-0.3, -0.25) is 4.79 Å². The van der Waals surface area contributed by atoms with Crippen LogP contribution < -0.4 is 5.32 Å². The molecule has 0 fully saturated rings. The van der Waals surface area contributed by atoms with E-state index in [-0.39, 0.29) is 18.1 Å². The van der Waals surface area contributed by atoms with E-state index in [1.165, 1.54) is 0 Å². The number of rotatable bonds is 2. The van der Waals surface area contributed by atoms with Crippen LogP contribution in [-0.2, 0) is 4.79 Å². The van der Waals surface area contributed by atoms with Crippen LogP contribution in [0.3, 0.4) is 0 Å². The van der Waals surface area contributed by atoms with Crippen molar-refractivity contribution in [1.29, 1.82) is 0 Å². The van der Waals surface area contributed by atoms with Crippen LogP contribution in [0.15, 0.2) is 0 Å². The smallest absolute Gasteiger partial charge is 0.290 e. The molecule has 0 amide bonds. The van der Waals surface area contributed by atoms with E-state index in [1.54, 1.807) is 6.92 Å². The van der Waals surface area contributed by atoms with E-state index in [1.807, 2.05) is 0 Å². The normalized spacial score (nSPS) is 12.8. The molecule has 0 aromatic heterocycles. The fourth-order valence-corrected chi connectivity index (χ4v) is 0.454. The summed E-state index contributed by atoms with van der Waals surface area (Å²) in [5.74, 6) is 0. The summed E-state index contributed by atoms with van der Waals surface area (Å²) in [6, 6.07) is 0. The van der Waals surface area contributed by atoms with Crippen LogP contribution in [-0.4, -0.2) is 34.9 Å². The molecule has 0 spiro atoms. The van der Waals surface area contributed by atoms with E-state index < -0.39 is 0 Å². The maximum Gasteiger partial charge on any atom is 0.290 e. The summed E-state index contributed by atoms with van der Waals surface area (Å²) < 4.78 is 0. The van der Waals surface area contributed by atoms with Crippen LogP contribution in [0.2, 0.25) is 0 Å². The number of aliphatic hydroxyl groups excluding tert-OH is 1. The monoisotopic (exact) mass is 177 g/mol. The van der Waals surface area contributed by atoms with E-state index in [9.17, 15) is 0 Å². The fourth-order valence-electron chi connectivity index (χ4n) is 0.454. The standard InChI is InChI=1S/C7H17NO.CH2O2/c1-6(9)5-8-7(2,3)4;2-1-3/h6,8-9H,5H2,1-4H3;1H,(H,2,3). The number of carboxylic acid groups (broad SMARTS) is 1. The molecule has 0 heterocycles. The van der Waals surface area contributed by atoms with Crippen molar-refractivity contribution in [3.05, 3.63) is 0 Å². The molecule has 0 aromatic rings. The van der Waals surface area contributed by atoms with Gasteiger partial charge in [0.2, 0.25) is 0 Å². The maximum absolute atomic E-state index is 8.85. The molecule has 0 aliphatic carbocycles. The Kier molecular flexibility index (Phi) is 8.21. The van der Waals surface area contributed by atoms with Crippen LogP contribution in [0.1, 0.15) is 27.7 Å². The lowest BCUT2D eigenvalue weighted by Crippen LogP contribution is -2.39. The Balaban J connectivity index is 0. The number of β-amino-alcohol motifs (C(OH)–C–C–N with tert-alkyl or cyclic N) is 1. The van der Waals surface area contributed by atoms with Gasteiger partial charge in [-0.15, -0.1) is 0 Å². The largest absolute Gasteiger partial charge is 0.483 e. The minimum Gasteiger partial charge on any atom is -0.483 e. The van der Waals surface area contributed by atoms with Crippen LogP contribution in [0.5, 0.6) is 0 Å². The van der Waals surface area contributed by atoms with Crippen molar-refractivity contribution < 1.29 is 15.0 Å². The summed E-state index contributed by atoms with van der Waals surface area (Å²) in [6.07, 6.45) is -0.246. The highest BCUT2D eigenvalue weighted by Crippen LogP contribution is 1.97. The van der Waals surface area contributed by atoms with E-state index in [0.717, 1.165) is 0 Å². The number of aliphatic hydroxyl groups is 1. The Morgan fingerprint density at radius 3 is 1.92 bits per heavy atom. The molecule has 0 rings (SSSR count). The molecule has 3 N–H and O–H groups in total. The maximum atomic E-state index is 8.85. The minimum atomic E-state index is -0.250. The van der Waals surface area contributed by atoms with Gasteiger partial charge < -0.3 is 15.5 Å². The Hall–Kier alpha value is -0.610. The number of carbonyl (C=O) groups is 1. The first kappa shape index (κ1) is 13.9. The predicted octanol–water partition coefficient (Wildman–Crippen LogP) is 0.456. The van der Waals surface area contributed by atoms with Gasteiger partial charge in [0.1, 0.15) is 0 Å². The van der Waals surface area contributed by atoms with Crippen molar-refractivity contribution in [3.8, 4) is 0 Å². The Bertz CT molecular complexity index is 107. The third-order valence-corrected chi connectivity index (χ3v) is 0.928. The quantitative estimate of drug-likeness (QED) is 0.536. The van der Waals surface area contributed by atoms with E-state index in [2.05, 4.69) is 26.1 Å². The summed E-state index contributed by atoms with van der Waals surface area (Å²) in [4.78, 5) is 8.36. The molecule has 0 aromatic carbocycles. The molecule has 0 aliphatic heterocycles. The van der Waals surface area contributed by atoms with Crippen molar-refractivity contribution in [3.63, 3.8) is 0 Å². The van der Waals surface area contributed by atoms with Gasteiger partial charge in [0.05, 0.1) is 6.10 Å². The number of hydrogen-bond acceptors (Lipinski definition) is 3. The predicted molar refractivity (Wildman–Crippen MR) is 48.1 cm³/mol. The van der Waals surface area contributed by atoms with Crippen LogP contribution in [0, 0.1) is 0 Å². The third-order valence-electron chi connectivity index (χ3n) is 0.928. The molecule has 0 saturated heterocycles. The van der Waals surface area contributed by atoms with Gasteiger partial charge in [0.15, 0.2) is 0 Å². The summed E-state index contributed by atoms with van der Waals surface area (Å²) in [6.45, 7) is 8.43. The molecule has 1 unspecified atom stereocenters. The number of hydrogen-bond donors (Lipinski definition) is 3. The summed E-state index contributed by atoms with van der Waals surface area (Å²) >= 11 is 0. The molecular weight excluding hydrogens is 158 g/mol.